The molecule has 0 aliphatic rings. The first-order valence-corrected chi connectivity index (χ1v) is 7.12. The molecule has 1 aromatic rings. The summed E-state index contributed by atoms with van der Waals surface area (Å²) in [6.45, 7) is 2.58. The molecule has 0 saturated heterocycles. The number of benzene rings is 1. The number of carbonyl (C=O) groups excluding carboxylic acids is 2. The summed E-state index contributed by atoms with van der Waals surface area (Å²) in [5, 5.41) is 0. The van der Waals surface area contributed by atoms with Crippen LogP contribution >= 0.6 is 0 Å². The van der Waals surface area contributed by atoms with Crippen molar-refractivity contribution < 1.29 is 19.1 Å². The minimum absolute atomic E-state index is 0.188. The lowest BCUT2D eigenvalue weighted by Gasteiger charge is -2.05. The molecular weight excluding hydrogens is 256 g/mol. The Bertz CT molecular complexity index is 400. The van der Waals surface area contributed by atoms with Crippen LogP contribution in [0.4, 0.5) is 0 Å². The van der Waals surface area contributed by atoms with Gasteiger partial charge in [-0.3, -0.25) is 0 Å². The summed E-state index contributed by atoms with van der Waals surface area (Å²) in [5.41, 5.74) is 1.06. The fourth-order valence-electron chi connectivity index (χ4n) is 1.72. The van der Waals surface area contributed by atoms with E-state index in [1.165, 1.54) is 0 Å². The molecule has 4 heteroatoms. The number of rotatable bonds is 8. The maximum atomic E-state index is 11.4. The zero-order chi connectivity index (χ0) is 14.6. The molecule has 1 rings (SSSR count). The molecule has 4 nitrogen and oxygen atoms in total. The monoisotopic (exact) mass is 278 g/mol. The zero-order valence-corrected chi connectivity index (χ0v) is 12.0. The van der Waals surface area contributed by atoms with Gasteiger partial charge in [0.2, 0.25) is 0 Å². The maximum Gasteiger partial charge on any atom is 0.417 e. The number of hydrogen-bond acceptors (Lipinski definition) is 4. The molecule has 0 aliphatic heterocycles. The highest BCUT2D eigenvalue weighted by molar-refractivity contribution is 6.29. The molecule has 0 amide bonds. The molecule has 0 atom stereocenters. The van der Waals surface area contributed by atoms with Crippen molar-refractivity contribution in [3.8, 4) is 0 Å². The molecular formula is C16H22O4. The van der Waals surface area contributed by atoms with E-state index in [1.807, 2.05) is 30.3 Å². The van der Waals surface area contributed by atoms with Crippen LogP contribution in [0.25, 0.3) is 0 Å². The van der Waals surface area contributed by atoms with Crippen molar-refractivity contribution in [1.29, 1.82) is 0 Å². The van der Waals surface area contributed by atoms with Crippen LogP contribution in [0.15, 0.2) is 30.3 Å². The van der Waals surface area contributed by atoms with Gasteiger partial charge in [0.15, 0.2) is 0 Å². The topological polar surface area (TPSA) is 52.6 Å². The first-order valence-electron chi connectivity index (χ1n) is 7.12. The molecule has 1 aromatic carbocycles. The maximum absolute atomic E-state index is 11.4. The molecule has 0 unspecified atom stereocenters. The Morgan fingerprint density at radius 2 is 1.55 bits per heavy atom. The van der Waals surface area contributed by atoms with Gasteiger partial charge >= 0.3 is 11.9 Å². The van der Waals surface area contributed by atoms with Gasteiger partial charge in [0.05, 0.1) is 13.2 Å². The molecule has 0 spiro atoms. The van der Waals surface area contributed by atoms with Crippen molar-refractivity contribution in [2.75, 3.05) is 13.2 Å². The van der Waals surface area contributed by atoms with Crippen molar-refractivity contribution >= 4 is 11.9 Å². The van der Waals surface area contributed by atoms with Crippen LogP contribution in [-0.4, -0.2) is 25.2 Å². The zero-order valence-electron chi connectivity index (χ0n) is 12.0. The highest BCUT2D eigenvalue weighted by Gasteiger charge is 2.16. The number of ether oxygens (including phenoxy) is 2. The lowest BCUT2D eigenvalue weighted by atomic mass is 10.2. The molecule has 0 bridgehead atoms. The van der Waals surface area contributed by atoms with E-state index in [9.17, 15) is 9.59 Å². The van der Waals surface area contributed by atoms with Crippen LogP contribution in [0.3, 0.4) is 0 Å². The van der Waals surface area contributed by atoms with Gasteiger partial charge in [-0.15, -0.1) is 0 Å². The normalized spacial score (nSPS) is 10.1. The van der Waals surface area contributed by atoms with Crippen LogP contribution in [0.5, 0.6) is 0 Å². The Hall–Kier alpha value is -1.84. The first-order chi connectivity index (χ1) is 9.74. The minimum Gasteiger partial charge on any atom is -0.457 e. The molecule has 20 heavy (non-hydrogen) atoms. The molecule has 0 heterocycles. The Balaban J connectivity index is 2.11. The third-order valence-corrected chi connectivity index (χ3v) is 2.86. The number of esters is 2. The molecule has 0 aliphatic carbocycles. The highest BCUT2D eigenvalue weighted by atomic mass is 16.6. The SMILES string of the molecule is CCCCCCOC(=O)C(=O)OCCc1ccccc1. The minimum atomic E-state index is -0.906. The largest absolute Gasteiger partial charge is 0.457 e. The Kier molecular flexibility index (Phi) is 8.11. The van der Waals surface area contributed by atoms with Crippen molar-refractivity contribution in [2.24, 2.45) is 0 Å². The van der Waals surface area contributed by atoms with Crippen molar-refractivity contribution in [2.45, 2.75) is 39.0 Å². The number of hydrogen-bond donors (Lipinski definition) is 0. The Labute approximate surface area is 120 Å². The summed E-state index contributed by atoms with van der Waals surface area (Å²) in [5.74, 6) is -1.80. The second-order valence-electron chi connectivity index (χ2n) is 4.57. The van der Waals surface area contributed by atoms with Gasteiger partial charge in [0.1, 0.15) is 0 Å². The van der Waals surface area contributed by atoms with Gasteiger partial charge in [-0.05, 0) is 12.0 Å². The lowest BCUT2D eigenvalue weighted by Crippen LogP contribution is -2.21. The lowest BCUT2D eigenvalue weighted by molar-refractivity contribution is -0.167. The summed E-state index contributed by atoms with van der Waals surface area (Å²) in [6, 6.07) is 9.65. The third kappa shape index (κ3) is 6.92. The molecule has 0 aromatic heterocycles. The highest BCUT2D eigenvalue weighted by Crippen LogP contribution is 2.01. The van der Waals surface area contributed by atoms with E-state index in [2.05, 4.69) is 6.92 Å². The summed E-state index contributed by atoms with van der Waals surface area (Å²) in [4.78, 5) is 22.7. The third-order valence-electron chi connectivity index (χ3n) is 2.86. The predicted octanol–water partition coefficient (Wildman–Crippen LogP) is 2.90. The average molecular weight is 278 g/mol. The van der Waals surface area contributed by atoms with Gasteiger partial charge in [-0.25, -0.2) is 9.59 Å². The Morgan fingerprint density at radius 1 is 0.900 bits per heavy atom. The quantitative estimate of drug-likeness (QED) is 0.417. The summed E-state index contributed by atoms with van der Waals surface area (Å²) in [7, 11) is 0. The van der Waals surface area contributed by atoms with E-state index in [0.29, 0.717) is 6.42 Å². The van der Waals surface area contributed by atoms with Crippen LogP contribution in [0.2, 0.25) is 0 Å². The second kappa shape index (κ2) is 10.0. The summed E-state index contributed by atoms with van der Waals surface area (Å²) in [6.07, 6.45) is 4.62. The van der Waals surface area contributed by atoms with Crippen LogP contribution < -0.4 is 0 Å². The Morgan fingerprint density at radius 3 is 2.20 bits per heavy atom. The van der Waals surface area contributed by atoms with Crippen molar-refractivity contribution in [3.05, 3.63) is 35.9 Å². The average Bonchev–Trinajstić information content (AvgIpc) is 2.47. The predicted molar refractivity (Wildman–Crippen MR) is 76.2 cm³/mol. The van der Waals surface area contributed by atoms with E-state index >= 15 is 0 Å². The summed E-state index contributed by atoms with van der Waals surface area (Å²) >= 11 is 0. The standard InChI is InChI=1S/C16H22O4/c1-2-3-4-8-12-19-15(17)16(18)20-13-11-14-9-6-5-7-10-14/h5-7,9-10H,2-4,8,11-13H2,1H3. The van der Waals surface area contributed by atoms with Gasteiger partial charge in [0.25, 0.3) is 0 Å². The van der Waals surface area contributed by atoms with Crippen molar-refractivity contribution in [1.82, 2.24) is 0 Å². The van der Waals surface area contributed by atoms with E-state index in [4.69, 9.17) is 9.47 Å². The molecule has 0 N–H and O–H groups in total. The van der Waals surface area contributed by atoms with Gasteiger partial charge in [-0.1, -0.05) is 56.5 Å². The second-order valence-corrected chi connectivity index (χ2v) is 4.57. The van der Waals surface area contributed by atoms with Crippen LogP contribution in [-0.2, 0) is 25.5 Å². The number of unbranched alkanes of at least 4 members (excludes halogenated alkanes) is 3. The number of carbonyl (C=O) groups is 2. The van der Waals surface area contributed by atoms with E-state index in [1.54, 1.807) is 0 Å². The van der Waals surface area contributed by atoms with Crippen LogP contribution in [0.1, 0.15) is 38.2 Å². The van der Waals surface area contributed by atoms with Crippen molar-refractivity contribution in [3.63, 3.8) is 0 Å². The molecule has 110 valence electrons. The van der Waals surface area contributed by atoms with E-state index < -0.39 is 11.9 Å². The molecule has 0 saturated carbocycles. The van der Waals surface area contributed by atoms with Crippen LogP contribution in [0, 0.1) is 0 Å². The smallest absolute Gasteiger partial charge is 0.417 e. The first kappa shape index (κ1) is 16.2. The van der Waals surface area contributed by atoms with E-state index in [0.717, 1.165) is 31.2 Å². The molecule has 0 fully saturated rings. The van der Waals surface area contributed by atoms with Gasteiger partial charge in [0, 0.05) is 6.42 Å². The van der Waals surface area contributed by atoms with Gasteiger partial charge in [-0.2, -0.15) is 0 Å². The fraction of sp³-hybridized carbons (Fsp3) is 0.500. The van der Waals surface area contributed by atoms with E-state index in [-0.39, 0.29) is 13.2 Å². The molecule has 0 radical (unpaired) electrons. The summed E-state index contributed by atoms with van der Waals surface area (Å²) < 4.78 is 9.71. The van der Waals surface area contributed by atoms with Gasteiger partial charge < -0.3 is 9.47 Å². The fourth-order valence-corrected chi connectivity index (χ4v) is 1.72.